The SMILES string of the molecule is COC(=O)c1c(C#N)ccnc1O[C@]1(C(=O)c2cccc(F)c2-c2ncccn2)CC[C@@H](C)NC1. The van der Waals surface area contributed by atoms with Gasteiger partial charge in [0.2, 0.25) is 11.7 Å². The molecule has 4 rings (SSSR count). The molecule has 0 spiro atoms. The number of aromatic nitrogens is 3. The van der Waals surface area contributed by atoms with E-state index in [2.05, 4.69) is 20.3 Å². The van der Waals surface area contributed by atoms with Gasteiger partial charge in [-0.3, -0.25) is 4.79 Å². The second-order valence-corrected chi connectivity index (χ2v) is 8.12. The number of methoxy groups -OCH3 is 1. The van der Waals surface area contributed by atoms with E-state index in [1.54, 1.807) is 6.07 Å². The van der Waals surface area contributed by atoms with Gasteiger partial charge in [-0.25, -0.2) is 24.1 Å². The Morgan fingerprint density at radius 3 is 2.60 bits per heavy atom. The minimum Gasteiger partial charge on any atom is -0.465 e. The number of esters is 1. The summed E-state index contributed by atoms with van der Waals surface area (Å²) in [5, 5.41) is 12.7. The lowest BCUT2D eigenvalue weighted by Gasteiger charge is -2.39. The summed E-state index contributed by atoms with van der Waals surface area (Å²) in [4.78, 5) is 38.9. The molecular formula is C25H22FN5O4. The van der Waals surface area contributed by atoms with E-state index in [0.29, 0.717) is 6.42 Å². The van der Waals surface area contributed by atoms with Crippen molar-refractivity contribution in [3.05, 3.63) is 71.4 Å². The second kappa shape index (κ2) is 9.95. The van der Waals surface area contributed by atoms with Crippen LogP contribution in [0.25, 0.3) is 11.4 Å². The average Bonchev–Trinajstić information content (AvgIpc) is 2.89. The van der Waals surface area contributed by atoms with Gasteiger partial charge in [0.15, 0.2) is 11.4 Å². The van der Waals surface area contributed by atoms with Gasteiger partial charge in [0.25, 0.3) is 0 Å². The Balaban J connectivity index is 1.85. The van der Waals surface area contributed by atoms with Gasteiger partial charge in [-0.15, -0.1) is 0 Å². The Morgan fingerprint density at radius 2 is 1.94 bits per heavy atom. The zero-order valence-electron chi connectivity index (χ0n) is 19.1. The van der Waals surface area contributed by atoms with Crippen molar-refractivity contribution in [1.29, 1.82) is 5.26 Å². The van der Waals surface area contributed by atoms with E-state index >= 15 is 0 Å². The quantitative estimate of drug-likeness (QED) is 0.422. The fraction of sp³-hybridized carbons (Fsp3) is 0.280. The first-order chi connectivity index (χ1) is 16.9. The summed E-state index contributed by atoms with van der Waals surface area (Å²) >= 11 is 0. The third-order valence-corrected chi connectivity index (χ3v) is 5.90. The van der Waals surface area contributed by atoms with Gasteiger partial charge in [-0.1, -0.05) is 12.1 Å². The molecule has 178 valence electrons. The molecule has 1 N–H and O–H groups in total. The molecule has 9 nitrogen and oxygen atoms in total. The predicted octanol–water partition coefficient (Wildman–Crippen LogP) is 3.11. The molecule has 2 atom stereocenters. The Morgan fingerprint density at radius 1 is 1.17 bits per heavy atom. The number of hydrogen-bond donors (Lipinski definition) is 1. The molecular weight excluding hydrogens is 453 g/mol. The predicted molar refractivity (Wildman–Crippen MR) is 122 cm³/mol. The highest BCUT2D eigenvalue weighted by Gasteiger charge is 2.46. The summed E-state index contributed by atoms with van der Waals surface area (Å²) in [5.41, 5.74) is -1.76. The van der Waals surface area contributed by atoms with Crippen LogP contribution in [0.1, 0.15) is 46.0 Å². The van der Waals surface area contributed by atoms with E-state index in [4.69, 9.17) is 9.47 Å². The van der Waals surface area contributed by atoms with Gasteiger partial charge in [0.05, 0.1) is 18.2 Å². The van der Waals surface area contributed by atoms with E-state index in [9.17, 15) is 19.2 Å². The fourth-order valence-electron chi connectivity index (χ4n) is 4.02. The highest BCUT2D eigenvalue weighted by atomic mass is 19.1. The Kier molecular flexibility index (Phi) is 6.80. The van der Waals surface area contributed by atoms with Crippen molar-refractivity contribution in [2.45, 2.75) is 31.4 Å². The smallest absolute Gasteiger partial charge is 0.344 e. The molecule has 1 aliphatic heterocycles. The third kappa shape index (κ3) is 4.58. The molecule has 35 heavy (non-hydrogen) atoms. The first-order valence-electron chi connectivity index (χ1n) is 10.9. The lowest BCUT2D eigenvalue weighted by molar-refractivity contribution is 0.0247. The molecule has 0 saturated carbocycles. The van der Waals surface area contributed by atoms with E-state index < -0.39 is 23.2 Å². The van der Waals surface area contributed by atoms with Gasteiger partial charge in [0, 0.05) is 36.7 Å². The molecule has 0 amide bonds. The highest BCUT2D eigenvalue weighted by Crippen LogP contribution is 2.35. The molecule has 0 aliphatic carbocycles. The molecule has 1 aromatic carbocycles. The zero-order chi connectivity index (χ0) is 25.0. The number of pyridine rings is 1. The number of nitrogens with zero attached hydrogens (tertiary/aromatic N) is 4. The first kappa shape index (κ1) is 23.9. The van der Waals surface area contributed by atoms with Crippen LogP contribution in [0.4, 0.5) is 4.39 Å². The van der Waals surface area contributed by atoms with Crippen LogP contribution in [-0.4, -0.2) is 52.0 Å². The van der Waals surface area contributed by atoms with E-state index in [1.807, 2.05) is 13.0 Å². The van der Waals surface area contributed by atoms with Gasteiger partial charge in [-0.2, -0.15) is 5.26 Å². The van der Waals surface area contributed by atoms with Crippen molar-refractivity contribution in [2.24, 2.45) is 0 Å². The maximum absolute atomic E-state index is 15.0. The Hall–Kier alpha value is -4.23. The lowest BCUT2D eigenvalue weighted by atomic mass is 9.82. The maximum Gasteiger partial charge on any atom is 0.344 e. The minimum absolute atomic E-state index is 0.00860. The first-order valence-corrected chi connectivity index (χ1v) is 10.9. The number of carbonyl (C=O) groups excluding carboxylic acids is 2. The van der Waals surface area contributed by atoms with Crippen LogP contribution in [-0.2, 0) is 4.74 Å². The summed E-state index contributed by atoms with van der Waals surface area (Å²) < 4.78 is 26.0. The van der Waals surface area contributed by atoms with Crippen molar-refractivity contribution in [3.63, 3.8) is 0 Å². The largest absolute Gasteiger partial charge is 0.465 e. The number of rotatable bonds is 6. The van der Waals surface area contributed by atoms with Crippen molar-refractivity contribution >= 4 is 11.8 Å². The monoisotopic (exact) mass is 475 g/mol. The van der Waals surface area contributed by atoms with Crippen LogP contribution in [0.2, 0.25) is 0 Å². The minimum atomic E-state index is -1.55. The summed E-state index contributed by atoms with van der Waals surface area (Å²) in [6, 6.07) is 9.10. The van der Waals surface area contributed by atoms with Crippen LogP contribution >= 0.6 is 0 Å². The number of Topliss-reactive ketones (excluding diaryl/α,β-unsaturated/α-hetero) is 1. The number of ether oxygens (including phenoxy) is 2. The molecule has 0 bridgehead atoms. The Labute approximate surface area is 201 Å². The van der Waals surface area contributed by atoms with E-state index in [0.717, 1.165) is 0 Å². The summed E-state index contributed by atoms with van der Waals surface area (Å²) in [7, 11) is 1.17. The molecule has 1 fully saturated rings. The Bertz CT molecular complexity index is 1300. The average molecular weight is 475 g/mol. The number of benzene rings is 1. The zero-order valence-corrected chi connectivity index (χ0v) is 19.1. The molecule has 0 unspecified atom stereocenters. The molecule has 1 saturated heterocycles. The number of hydrogen-bond acceptors (Lipinski definition) is 9. The van der Waals surface area contributed by atoms with Crippen molar-refractivity contribution in [2.75, 3.05) is 13.7 Å². The molecule has 10 heteroatoms. The molecule has 3 aromatic rings. The van der Waals surface area contributed by atoms with Gasteiger partial charge < -0.3 is 14.8 Å². The number of halogens is 1. The highest BCUT2D eigenvalue weighted by molar-refractivity contribution is 6.07. The standard InChI is InChI=1S/C25H22FN5O4/c1-15-7-9-25(14-31-15,35-23-19(24(33)34-2)16(13-27)8-12-30-23)21(32)17-5-3-6-18(26)20(17)22-28-10-4-11-29-22/h3-6,8,10-12,15,31H,7,9,14H2,1-2H3/t15-,25-/m1/s1. The van der Waals surface area contributed by atoms with Gasteiger partial charge >= 0.3 is 5.97 Å². The molecule has 1 aliphatic rings. The van der Waals surface area contributed by atoms with Crippen LogP contribution in [0.3, 0.4) is 0 Å². The van der Waals surface area contributed by atoms with Gasteiger partial charge in [-0.05, 0) is 38.0 Å². The summed E-state index contributed by atoms with van der Waals surface area (Å²) in [5.74, 6) is -2.17. The van der Waals surface area contributed by atoms with E-state index in [1.165, 1.54) is 50.0 Å². The normalized spacial score (nSPS) is 19.4. The van der Waals surface area contributed by atoms with Crippen molar-refractivity contribution < 1.29 is 23.5 Å². The third-order valence-electron chi connectivity index (χ3n) is 5.90. The van der Waals surface area contributed by atoms with Crippen LogP contribution in [0.5, 0.6) is 5.88 Å². The van der Waals surface area contributed by atoms with Crippen LogP contribution in [0.15, 0.2) is 48.9 Å². The lowest BCUT2D eigenvalue weighted by Crippen LogP contribution is -2.58. The van der Waals surface area contributed by atoms with Crippen molar-refractivity contribution in [1.82, 2.24) is 20.3 Å². The number of piperidine rings is 1. The molecule has 3 heterocycles. The second-order valence-electron chi connectivity index (χ2n) is 8.12. The summed E-state index contributed by atoms with van der Waals surface area (Å²) in [6.07, 6.45) is 5.04. The fourth-order valence-corrected chi connectivity index (χ4v) is 4.02. The van der Waals surface area contributed by atoms with Crippen LogP contribution < -0.4 is 10.1 Å². The summed E-state index contributed by atoms with van der Waals surface area (Å²) in [6.45, 7) is 2.03. The molecule has 0 radical (unpaired) electrons. The number of nitriles is 1. The number of nitrogens with one attached hydrogen (secondary N) is 1. The maximum atomic E-state index is 15.0. The van der Waals surface area contributed by atoms with E-state index in [-0.39, 0.29) is 53.0 Å². The topological polar surface area (TPSA) is 127 Å². The number of ketones is 1. The molecule has 2 aromatic heterocycles. The van der Waals surface area contributed by atoms with Crippen molar-refractivity contribution in [3.8, 4) is 23.3 Å². The van der Waals surface area contributed by atoms with Crippen LogP contribution in [0, 0.1) is 17.1 Å². The number of carbonyl (C=O) groups is 2. The van der Waals surface area contributed by atoms with Gasteiger partial charge in [0.1, 0.15) is 17.4 Å².